The molecule has 20 heavy (non-hydrogen) atoms. The first kappa shape index (κ1) is 16.7. The normalized spacial score (nSPS) is 13.0. The molecule has 1 rings (SSSR count). The van der Waals surface area contributed by atoms with Gasteiger partial charge in [-0.1, -0.05) is 0 Å². The Morgan fingerprint density at radius 1 is 1.35 bits per heavy atom. The zero-order valence-electron chi connectivity index (χ0n) is 11.1. The predicted molar refractivity (Wildman–Crippen MR) is 73.7 cm³/mol. The number of rotatable bonds is 8. The third-order valence-electron chi connectivity index (χ3n) is 2.63. The highest BCUT2D eigenvalue weighted by Gasteiger charge is 2.16. The minimum absolute atomic E-state index is 0.0494. The van der Waals surface area contributed by atoms with Crippen LogP contribution in [0.4, 0.5) is 5.69 Å². The minimum atomic E-state index is -3.56. The molecule has 8 heteroatoms. The zero-order valence-corrected chi connectivity index (χ0v) is 11.9. The summed E-state index contributed by atoms with van der Waals surface area (Å²) in [4.78, 5) is 0.0494. The summed E-state index contributed by atoms with van der Waals surface area (Å²) in [6.45, 7) is -0.811. The van der Waals surface area contributed by atoms with Gasteiger partial charge in [-0.2, -0.15) is 0 Å². The summed E-state index contributed by atoms with van der Waals surface area (Å²) >= 11 is 0. The average molecular weight is 305 g/mol. The SMILES string of the molecule is COc1ccc(S(=O)(=O)CCO)cc1NCC(O)CO. The molecule has 114 valence electrons. The van der Waals surface area contributed by atoms with Crippen LogP contribution >= 0.6 is 0 Å². The van der Waals surface area contributed by atoms with Crippen molar-refractivity contribution in [3.05, 3.63) is 18.2 Å². The number of methoxy groups -OCH3 is 1. The molecule has 0 bridgehead atoms. The predicted octanol–water partition coefficient (Wildman–Crippen LogP) is -0.774. The number of nitrogens with one attached hydrogen (secondary N) is 1. The molecule has 0 aliphatic carbocycles. The number of hydrogen-bond donors (Lipinski definition) is 4. The second kappa shape index (κ2) is 7.44. The lowest BCUT2D eigenvalue weighted by Gasteiger charge is -2.14. The Hall–Kier alpha value is -1.35. The molecule has 1 atom stereocenters. The monoisotopic (exact) mass is 305 g/mol. The molecule has 1 unspecified atom stereocenters. The van der Waals surface area contributed by atoms with E-state index >= 15 is 0 Å². The lowest BCUT2D eigenvalue weighted by molar-refractivity contribution is 0.105. The van der Waals surface area contributed by atoms with Crippen molar-refractivity contribution < 1.29 is 28.5 Å². The van der Waals surface area contributed by atoms with E-state index in [-0.39, 0.29) is 17.2 Å². The van der Waals surface area contributed by atoms with Crippen LogP contribution < -0.4 is 10.1 Å². The highest BCUT2D eigenvalue weighted by atomic mass is 32.2. The zero-order chi connectivity index (χ0) is 15.2. The third kappa shape index (κ3) is 4.34. The molecule has 0 spiro atoms. The van der Waals surface area contributed by atoms with Gasteiger partial charge >= 0.3 is 0 Å². The topological polar surface area (TPSA) is 116 Å². The number of aliphatic hydroxyl groups excluding tert-OH is 3. The van der Waals surface area contributed by atoms with E-state index in [9.17, 15) is 13.5 Å². The van der Waals surface area contributed by atoms with Gasteiger partial charge in [0, 0.05) is 6.54 Å². The average Bonchev–Trinajstić information content (AvgIpc) is 2.44. The van der Waals surface area contributed by atoms with Crippen LogP contribution in [0.2, 0.25) is 0 Å². The standard InChI is InChI=1S/C12H19NO6S/c1-19-12-3-2-10(20(17,18)5-4-14)6-11(12)13-7-9(16)8-15/h2-3,6,9,13-16H,4-5,7-8H2,1H3. The molecule has 0 aliphatic rings. The van der Waals surface area contributed by atoms with E-state index in [2.05, 4.69) is 5.32 Å². The van der Waals surface area contributed by atoms with E-state index in [4.69, 9.17) is 14.9 Å². The third-order valence-corrected chi connectivity index (χ3v) is 4.32. The summed E-state index contributed by atoms with van der Waals surface area (Å²) in [5, 5.41) is 29.6. The first-order valence-corrected chi connectivity index (χ1v) is 7.64. The Kier molecular flexibility index (Phi) is 6.21. The molecule has 0 radical (unpaired) electrons. The van der Waals surface area contributed by atoms with Gasteiger partial charge in [0.05, 0.1) is 42.8 Å². The lowest BCUT2D eigenvalue weighted by atomic mass is 10.2. The van der Waals surface area contributed by atoms with Crippen LogP contribution in [0.1, 0.15) is 0 Å². The number of aliphatic hydroxyl groups is 3. The van der Waals surface area contributed by atoms with Crippen molar-refractivity contribution >= 4 is 15.5 Å². The Bertz CT molecular complexity index is 531. The van der Waals surface area contributed by atoms with Gasteiger partial charge in [-0.15, -0.1) is 0 Å². The van der Waals surface area contributed by atoms with Crippen LogP contribution in [0.15, 0.2) is 23.1 Å². The molecule has 0 aromatic heterocycles. The molecular formula is C12H19NO6S. The van der Waals surface area contributed by atoms with Gasteiger partial charge in [0.2, 0.25) is 0 Å². The van der Waals surface area contributed by atoms with Crippen molar-refractivity contribution in [3.63, 3.8) is 0 Å². The summed E-state index contributed by atoms with van der Waals surface area (Å²) in [6, 6.07) is 4.24. The van der Waals surface area contributed by atoms with Gasteiger partial charge in [-0.25, -0.2) is 8.42 Å². The van der Waals surface area contributed by atoms with Gasteiger partial charge in [0.15, 0.2) is 9.84 Å². The highest BCUT2D eigenvalue weighted by Crippen LogP contribution is 2.27. The van der Waals surface area contributed by atoms with Crippen molar-refractivity contribution in [2.45, 2.75) is 11.0 Å². The molecule has 0 amide bonds. The maximum absolute atomic E-state index is 11.9. The Morgan fingerprint density at radius 3 is 2.60 bits per heavy atom. The molecule has 0 aliphatic heterocycles. The van der Waals surface area contributed by atoms with E-state index in [0.29, 0.717) is 11.4 Å². The van der Waals surface area contributed by atoms with Crippen molar-refractivity contribution in [1.82, 2.24) is 0 Å². The molecule has 0 saturated heterocycles. The van der Waals surface area contributed by atoms with E-state index in [1.54, 1.807) is 0 Å². The van der Waals surface area contributed by atoms with Crippen molar-refractivity contribution in [2.24, 2.45) is 0 Å². The summed E-state index contributed by atoms with van der Waals surface area (Å²) in [5.74, 6) is 0.0518. The van der Waals surface area contributed by atoms with E-state index < -0.39 is 29.2 Å². The van der Waals surface area contributed by atoms with Gasteiger partial charge in [-0.3, -0.25) is 0 Å². The smallest absolute Gasteiger partial charge is 0.180 e. The van der Waals surface area contributed by atoms with Crippen LogP contribution in [-0.2, 0) is 9.84 Å². The van der Waals surface area contributed by atoms with Crippen LogP contribution in [-0.4, -0.2) is 62.5 Å². The fourth-order valence-electron chi connectivity index (χ4n) is 1.55. The molecule has 1 aromatic carbocycles. The quantitative estimate of drug-likeness (QED) is 0.498. The van der Waals surface area contributed by atoms with Crippen molar-refractivity contribution in [1.29, 1.82) is 0 Å². The van der Waals surface area contributed by atoms with Gasteiger partial charge in [0.1, 0.15) is 5.75 Å². The summed E-state index contributed by atoms with van der Waals surface area (Å²) in [6.07, 6.45) is -0.961. The van der Waals surface area contributed by atoms with Crippen LogP contribution in [0.3, 0.4) is 0 Å². The summed E-state index contributed by atoms with van der Waals surface area (Å²) in [5.41, 5.74) is 0.388. The van der Waals surface area contributed by atoms with Gasteiger partial charge in [-0.05, 0) is 18.2 Å². The second-order valence-corrected chi connectivity index (χ2v) is 6.23. The van der Waals surface area contributed by atoms with Crippen LogP contribution in [0, 0.1) is 0 Å². The Morgan fingerprint density at radius 2 is 2.05 bits per heavy atom. The van der Waals surface area contributed by atoms with Gasteiger partial charge < -0.3 is 25.4 Å². The van der Waals surface area contributed by atoms with Crippen LogP contribution in [0.25, 0.3) is 0 Å². The molecule has 4 N–H and O–H groups in total. The molecule has 0 saturated carbocycles. The van der Waals surface area contributed by atoms with E-state index in [0.717, 1.165) is 0 Å². The van der Waals surface area contributed by atoms with Crippen molar-refractivity contribution in [3.8, 4) is 5.75 Å². The molecule has 7 nitrogen and oxygen atoms in total. The number of hydrogen-bond acceptors (Lipinski definition) is 7. The summed E-state index contributed by atoms with van der Waals surface area (Å²) < 4.78 is 28.8. The number of sulfone groups is 1. The first-order valence-electron chi connectivity index (χ1n) is 5.99. The number of benzene rings is 1. The van der Waals surface area contributed by atoms with Crippen molar-refractivity contribution in [2.75, 3.05) is 37.9 Å². The maximum Gasteiger partial charge on any atom is 0.180 e. The fourth-order valence-corrected chi connectivity index (χ4v) is 2.60. The number of anilines is 1. The fraction of sp³-hybridized carbons (Fsp3) is 0.500. The molecule has 0 fully saturated rings. The maximum atomic E-state index is 11.9. The lowest BCUT2D eigenvalue weighted by Crippen LogP contribution is -2.23. The first-order chi connectivity index (χ1) is 9.44. The molecule has 1 aromatic rings. The Balaban J connectivity index is 3.02. The van der Waals surface area contributed by atoms with E-state index in [1.165, 1.54) is 25.3 Å². The minimum Gasteiger partial charge on any atom is -0.495 e. The Labute approximate surface area is 117 Å². The second-order valence-electron chi connectivity index (χ2n) is 4.12. The van der Waals surface area contributed by atoms with E-state index in [1.807, 2.05) is 0 Å². The molecular weight excluding hydrogens is 286 g/mol. The van der Waals surface area contributed by atoms with Crippen LogP contribution in [0.5, 0.6) is 5.75 Å². The van der Waals surface area contributed by atoms with Gasteiger partial charge in [0.25, 0.3) is 0 Å². The largest absolute Gasteiger partial charge is 0.495 e. The summed E-state index contributed by atoms with van der Waals surface area (Å²) in [7, 11) is -2.12. The molecule has 0 heterocycles. The number of ether oxygens (including phenoxy) is 1. The highest BCUT2D eigenvalue weighted by molar-refractivity contribution is 7.91.